The fraction of sp³-hybridized carbons (Fsp3) is 0.133. The first-order chi connectivity index (χ1) is 8.68. The van der Waals surface area contributed by atoms with Crippen molar-refractivity contribution in [3.05, 3.63) is 48.0 Å². The average Bonchev–Trinajstić information content (AvgIpc) is 2.71. The van der Waals surface area contributed by atoms with Crippen LogP contribution in [0.4, 0.5) is 5.69 Å². The molecule has 2 aromatic carbocycles. The molecule has 0 aliphatic carbocycles. The van der Waals surface area contributed by atoms with Gasteiger partial charge in [-0.15, -0.1) is 0 Å². The van der Waals surface area contributed by atoms with E-state index in [0.717, 1.165) is 33.7 Å². The second kappa shape index (κ2) is 3.88. The van der Waals surface area contributed by atoms with Gasteiger partial charge in [-0.2, -0.15) is 0 Å². The summed E-state index contributed by atoms with van der Waals surface area (Å²) in [6.45, 7) is 2.03. The number of anilines is 1. The number of para-hydroxylation sites is 2. The van der Waals surface area contributed by atoms with Gasteiger partial charge in [0.2, 0.25) is 0 Å². The van der Waals surface area contributed by atoms with Crippen molar-refractivity contribution < 1.29 is 0 Å². The van der Waals surface area contributed by atoms with Crippen molar-refractivity contribution >= 4 is 16.7 Å². The van der Waals surface area contributed by atoms with Crippen LogP contribution >= 0.6 is 0 Å². The molecule has 0 aliphatic rings. The lowest BCUT2D eigenvalue weighted by atomic mass is 10.1. The van der Waals surface area contributed by atoms with Gasteiger partial charge < -0.3 is 10.3 Å². The second-order valence-electron chi connectivity index (χ2n) is 4.50. The van der Waals surface area contributed by atoms with Crippen molar-refractivity contribution in [3.63, 3.8) is 0 Å². The molecule has 3 nitrogen and oxygen atoms in total. The molecular formula is C15H15N3. The van der Waals surface area contributed by atoms with Gasteiger partial charge in [0.15, 0.2) is 0 Å². The molecule has 1 heterocycles. The maximum atomic E-state index is 5.97. The number of hydrogen-bond donors (Lipinski definition) is 1. The standard InChI is InChI=1S/C15H15N3/c1-10-11(6-5-7-12(10)16)15-17-13-8-3-4-9-14(13)18(15)2/h3-9H,16H2,1-2H3. The lowest BCUT2D eigenvalue weighted by Gasteiger charge is -2.08. The Morgan fingerprint density at radius 3 is 2.61 bits per heavy atom. The Morgan fingerprint density at radius 2 is 1.83 bits per heavy atom. The summed E-state index contributed by atoms with van der Waals surface area (Å²) in [6, 6.07) is 14.1. The minimum Gasteiger partial charge on any atom is -0.398 e. The predicted molar refractivity (Wildman–Crippen MR) is 75.3 cm³/mol. The zero-order chi connectivity index (χ0) is 12.7. The van der Waals surface area contributed by atoms with E-state index in [-0.39, 0.29) is 0 Å². The molecule has 0 unspecified atom stereocenters. The SMILES string of the molecule is Cc1c(N)cccc1-c1nc2ccccc2n1C. The fourth-order valence-corrected chi connectivity index (χ4v) is 2.28. The molecule has 0 spiro atoms. The smallest absolute Gasteiger partial charge is 0.141 e. The van der Waals surface area contributed by atoms with Crippen LogP contribution in [0.3, 0.4) is 0 Å². The Hall–Kier alpha value is -2.29. The number of fused-ring (bicyclic) bond motifs is 1. The molecule has 0 atom stereocenters. The van der Waals surface area contributed by atoms with Gasteiger partial charge >= 0.3 is 0 Å². The Morgan fingerprint density at radius 1 is 1.06 bits per heavy atom. The normalized spacial score (nSPS) is 11.0. The molecule has 18 heavy (non-hydrogen) atoms. The highest BCUT2D eigenvalue weighted by molar-refractivity contribution is 5.82. The summed E-state index contributed by atoms with van der Waals surface area (Å²) >= 11 is 0. The van der Waals surface area contributed by atoms with E-state index in [2.05, 4.69) is 16.7 Å². The molecule has 0 bridgehead atoms. The van der Waals surface area contributed by atoms with E-state index in [1.54, 1.807) is 0 Å². The number of rotatable bonds is 1. The van der Waals surface area contributed by atoms with Gasteiger partial charge in [-0.25, -0.2) is 4.98 Å². The number of nitrogen functional groups attached to an aromatic ring is 1. The molecule has 0 radical (unpaired) electrons. The van der Waals surface area contributed by atoms with Crippen molar-refractivity contribution in [2.75, 3.05) is 5.73 Å². The Labute approximate surface area is 106 Å². The van der Waals surface area contributed by atoms with Crippen LogP contribution in [-0.4, -0.2) is 9.55 Å². The van der Waals surface area contributed by atoms with Crippen LogP contribution in [0.15, 0.2) is 42.5 Å². The van der Waals surface area contributed by atoms with Crippen LogP contribution in [0.2, 0.25) is 0 Å². The highest BCUT2D eigenvalue weighted by Crippen LogP contribution is 2.28. The number of benzene rings is 2. The zero-order valence-corrected chi connectivity index (χ0v) is 10.5. The van der Waals surface area contributed by atoms with E-state index in [0.29, 0.717) is 0 Å². The summed E-state index contributed by atoms with van der Waals surface area (Å²) in [7, 11) is 2.04. The van der Waals surface area contributed by atoms with E-state index >= 15 is 0 Å². The summed E-state index contributed by atoms with van der Waals surface area (Å²) < 4.78 is 2.11. The Bertz CT molecular complexity index is 726. The van der Waals surface area contributed by atoms with E-state index < -0.39 is 0 Å². The minimum absolute atomic E-state index is 0.805. The molecule has 2 N–H and O–H groups in total. The van der Waals surface area contributed by atoms with Gasteiger partial charge in [0, 0.05) is 18.3 Å². The highest BCUT2D eigenvalue weighted by atomic mass is 15.1. The van der Waals surface area contributed by atoms with Gasteiger partial charge in [-0.3, -0.25) is 0 Å². The Balaban J connectivity index is 2.32. The highest BCUT2D eigenvalue weighted by Gasteiger charge is 2.12. The number of hydrogen-bond acceptors (Lipinski definition) is 2. The summed E-state index contributed by atoms with van der Waals surface area (Å²) in [4.78, 5) is 4.69. The molecular weight excluding hydrogens is 222 g/mol. The molecule has 0 amide bonds. The first-order valence-corrected chi connectivity index (χ1v) is 5.95. The lowest BCUT2D eigenvalue weighted by Crippen LogP contribution is -1.97. The molecule has 0 aliphatic heterocycles. The van der Waals surface area contributed by atoms with Gasteiger partial charge in [0.25, 0.3) is 0 Å². The third-order valence-electron chi connectivity index (χ3n) is 3.40. The van der Waals surface area contributed by atoms with E-state index in [1.165, 1.54) is 0 Å². The van der Waals surface area contributed by atoms with Crippen molar-refractivity contribution in [1.82, 2.24) is 9.55 Å². The van der Waals surface area contributed by atoms with Crippen LogP contribution < -0.4 is 5.73 Å². The summed E-state index contributed by atoms with van der Waals surface area (Å²) in [5.41, 5.74) is 11.1. The van der Waals surface area contributed by atoms with E-state index in [9.17, 15) is 0 Å². The monoisotopic (exact) mass is 237 g/mol. The van der Waals surface area contributed by atoms with Crippen LogP contribution in [0.5, 0.6) is 0 Å². The largest absolute Gasteiger partial charge is 0.398 e. The second-order valence-corrected chi connectivity index (χ2v) is 4.50. The number of nitrogens with zero attached hydrogens (tertiary/aromatic N) is 2. The van der Waals surface area contributed by atoms with Crippen LogP contribution in [0.1, 0.15) is 5.56 Å². The van der Waals surface area contributed by atoms with Crippen LogP contribution in [-0.2, 0) is 7.05 Å². The van der Waals surface area contributed by atoms with Gasteiger partial charge in [-0.05, 0) is 30.7 Å². The number of aromatic nitrogens is 2. The maximum Gasteiger partial charge on any atom is 0.141 e. The zero-order valence-electron chi connectivity index (χ0n) is 10.5. The molecule has 3 rings (SSSR count). The van der Waals surface area contributed by atoms with Crippen molar-refractivity contribution in [1.29, 1.82) is 0 Å². The van der Waals surface area contributed by atoms with Crippen LogP contribution in [0, 0.1) is 6.92 Å². The van der Waals surface area contributed by atoms with Crippen LogP contribution in [0.25, 0.3) is 22.4 Å². The molecule has 90 valence electrons. The quantitative estimate of drug-likeness (QED) is 0.661. The molecule has 3 aromatic rings. The molecule has 0 fully saturated rings. The maximum absolute atomic E-state index is 5.97. The van der Waals surface area contributed by atoms with Gasteiger partial charge in [0.05, 0.1) is 11.0 Å². The molecule has 3 heteroatoms. The number of imidazole rings is 1. The summed E-state index contributed by atoms with van der Waals surface area (Å²) in [5.74, 6) is 0.959. The topological polar surface area (TPSA) is 43.8 Å². The van der Waals surface area contributed by atoms with Crippen molar-refractivity contribution in [2.45, 2.75) is 6.92 Å². The molecule has 0 saturated carbocycles. The summed E-state index contributed by atoms with van der Waals surface area (Å²) in [5, 5.41) is 0. The molecule has 1 aromatic heterocycles. The van der Waals surface area contributed by atoms with Gasteiger partial charge in [0.1, 0.15) is 5.82 Å². The van der Waals surface area contributed by atoms with E-state index in [4.69, 9.17) is 10.7 Å². The predicted octanol–water partition coefficient (Wildman–Crippen LogP) is 3.13. The van der Waals surface area contributed by atoms with E-state index in [1.807, 2.05) is 44.3 Å². The third kappa shape index (κ3) is 1.48. The Kier molecular flexibility index (Phi) is 2.33. The first kappa shape index (κ1) is 10.8. The van der Waals surface area contributed by atoms with Crippen molar-refractivity contribution in [2.24, 2.45) is 7.05 Å². The van der Waals surface area contributed by atoms with Crippen molar-refractivity contribution in [3.8, 4) is 11.4 Å². The lowest BCUT2D eigenvalue weighted by molar-refractivity contribution is 0.957. The average molecular weight is 237 g/mol. The molecule has 0 saturated heterocycles. The number of aryl methyl sites for hydroxylation is 1. The first-order valence-electron chi connectivity index (χ1n) is 5.95. The third-order valence-corrected chi connectivity index (χ3v) is 3.40. The number of nitrogens with two attached hydrogens (primary N) is 1. The fourth-order valence-electron chi connectivity index (χ4n) is 2.28. The summed E-state index contributed by atoms with van der Waals surface area (Å²) in [6.07, 6.45) is 0. The minimum atomic E-state index is 0.805. The van der Waals surface area contributed by atoms with Gasteiger partial charge in [-0.1, -0.05) is 24.3 Å².